The number of pyridine rings is 2. The highest BCUT2D eigenvalue weighted by Gasteiger charge is 2.46. The van der Waals surface area contributed by atoms with Crippen LogP contribution in [0.2, 0.25) is 0 Å². The minimum Gasteiger partial charge on any atom is -0.458 e. The molecule has 6 rings (SSSR count). The van der Waals surface area contributed by atoms with E-state index in [1.165, 1.54) is 6.07 Å². The van der Waals surface area contributed by atoms with Crippen LogP contribution in [0.1, 0.15) is 54.5 Å². The van der Waals surface area contributed by atoms with E-state index in [2.05, 4.69) is 6.92 Å². The van der Waals surface area contributed by atoms with Gasteiger partial charge in [0.2, 0.25) is 0 Å². The number of nitrogens with zero attached hydrogens (tertiary/aromatic N) is 2. The van der Waals surface area contributed by atoms with Crippen LogP contribution in [0.3, 0.4) is 0 Å². The Morgan fingerprint density at radius 2 is 2.06 bits per heavy atom. The molecular formula is C27H27FN2O6. The monoisotopic (exact) mass is 494 g/mol. The summed E-state index contributed by atoms with van der Waals surface area (Å²) in [6.45, 7) is 4.29. The lowest BCUT2D eigenvalue weighted by atomic mass is 9.70. The third-order valence-corrected chi connectivity index (χ3v) is 8.04. The summed E-state index contributed by atoms with van der Waals surface area (Å²) in [4.78, 5) is 30.9. The summed E-state index contributed by atoms with van der Waals surface area (Å²) in [5, 5.41) is 21.3. The smallest absolute Gasteiger partial charge is 0.343 e. The Morgan fingerprint density at radius 3 is 2.81 bits per heavy atom. The molecular weight excluding hydrogens is 467 g/mol. The number of aromatic nitrogens is 2. The number of hydrogen-bond acceptors (Lipinski definition) is 7. The molecule has 3 aliphatic rings. The fourth-order valence-electron chi connectivity index (χ4n) is 6.16. The highest BCUT2D eigenvalue weighted by atomic mass is 19.1. The van der Waals surface area contributed by atoms with Crippen molar-refractivity contribution in [2.24, 2.45) is 0 Å². The summed E-state index contributed by atoms with van der Waals surface area (Å²) in [6, 6.07) is 4.62. The molecule has 0 unspecified atom stereocenters. The molecule has 0 saturated carbocycles. The highest BCUT2D eigenvalue weighted by molar-refractivity contribution is 5.93. The van der Waals surface area contributed by atoms with E-state index in [0.717, 1.165) is 22.1 Å². The number of esters is 1. The molecule has 0 saturated heterocycles. The van der Waals surface area contributed by atoms with Gasteiger partial charge >= 0.3 is 5.97 Å². The Labute approximate surface area is 206 Å². The molecule has 0 radical (unpaired) electrons. The second-order valence-corrected chi connectivity index (χ2v) is 10.2. The maximum atomic E-state index is 14.6. The second kappa shape index (κ2) is 7.93. The normalized spacial score (nSPS) is 23.9. The van der Waals surface area contributed by atoms with Crippen molar-refractivity contribution in [2.75, 3.05) is 19.8 Å². The molecule has 188 valence electrons. The van der Waals surface area contributed by atoms with Gasteiger partial charge in [-0.3, -0.25) is 4.79 Å². The Bertz CT molecular complexity index is 1510. The van der Waals surface area contributed by atoms with Crippen molar-refractivity contribution in [3.05, 3.63) is 62.2 Å². The Hall–Kier alpha value is -3.14. The van der Waals surface area contributed by atoms with Crippen LogP contribution < -0.4 is 5.56 Å². The van der Waals surface area contributed by atoms with Gasteiger partial charge in [0.1, 0.15) is 12.4 Å². The first kappa shape index (κ1) is 23.3. The third-order valence-electron chi connectivity index (χ3n) is 8.04. The van der Waals surface area contributed by atoms with Crippen LogP contribution in [0.5, 0.6) is 0 Å². The van der Waals surface area contributed by atoms with Crippen LogP contribution in [0.15, 0.2) is 23.0 Å². The van der Waals surface area contributed by atoms with E-state index in [4.69, 9.17) is 14.5 Å². The Kier molecular flexibility index (Phi) is 5.13. The first-order valence-corrected chi connectivity index (χ1v) is 12.2. The van der Waals surface area contributed by atoms with Crippen molar-refractivity contribution in [3.8, 4) is 11.4 Å². The first-order chi connectivity index (χ1) is 17.2. The van der Waals surface area contributed by atoms with E-state index in [9.17, 15) is 24.2 Å². The molecule has 4 heterocycles. The van der Waals surface area contributed by atoms with Crippen LogP contribution in [0.25, 0.3) is 22.3 Å². The maximum absolute atomic E-state index is 14.6. The average Bonchev–Trinajstić information content (AvgIpc) is 3.22. The van der Waals surface area contributed by atoms with Crippen molar-refractivity contribution in [1.82, 2.24) is 9.55 Å². The van der Waals surface area contributed by atoms with Gasteiger partial charge < -0.3 is 24.3 Å². The van der Waals surface area contributed by atoms with E-state index in [0.29, 0.717) is 36.4 Å². The zero-order valence-corrected chi connectivity index (χ0v) is 20.2. The summed E-state index contributed by atoms with van der Waals surface area (Å²) in [6.07, 6.45) is 1.42. The lowest BCUT2D eigenvalue weighted by molar-refractivity contribution is -0.172. The minimum absolute atomic E-state index is 0.0554. The SMILES string of the molecule is CC[C@@]1(O)C(=O)OCc2c1cc1n(c2=O)Cc2c-1nc1cc(F)cc3c1c2[C@@](C)(COCCO)CC3. The van der Waals surface area contributed by atoms with E-state index in [1.807, 2.05) is 0 Å². The molecule has 1 aromatic carbocycles. The molecule has 2 N–H and O–H groups in total. The standard InChI is InChI=1S/C27H27FN2O6/c1-3-27(34)18-10-20-23-16(11-30(20)24(32)17(18)12-36-25(27)33)22-21-14(8-15(28)9-19(21)29-23)4-5-26(22,2)13-35-7-6-31/h8-10,31,34H,3-7,11-13H2,1-2H3/t26-,27+/m1/s1. The number of ether oxygens (including phenoxy) is 2. The molecule has 2 aliphatic heterocycles. The van der Waals surface area contributed by atoms with Crippen molar-refractivity contribution in [3.63, 3.8) is 0 Å². The topological polar surface area (TPSA) is 111 Å². The lowest BCUT2D eigenvalue weighted by Gasteiger charge is -2.37. The molecule has 0 fully saturated rings. The fourth-order valence-corrected chi connectivity index (χ4v) is 6.16. The molecule has 0 amide bonds. The molecule has 0 bridgehead atoms. The van der Waals surface area contributed by atoms with E-state index in [-0.39, 0.29) is 55.3 Å². The van der Waals surface area contributed by atoms with Gasteiger partial charge in [0, 0.05) is 28.0 Å². The van der Waals surface area contributed by atoms with Gasteiger partial charge in [-0.2, -0.15) is 0 Å². The number of hydrogen-bond donors (Lipinski definition) is 2. The molecule has 0 spiro atoms. The number of aryl methyl sites for hydroxylation is 1. The number of cyclic esters (lactones) is 1. The summed E-state index contributed by atoms with van der Waals surface area (Å²) in [7, 11) is 0. The zero-order chi connectivity index (χ0) is 25.4. The second-order valence-electron chi connectivity index (χ2n) is 10.2. The highest BCUT2D eigenvalue weighted by Crippen LogP contribution is 2.48. The number of benzene rings is 1. The number of halogens is 1. The summed E-state index contributed by atoms with van der Waals surface area (Å²) in [5.74, 6) is -1.15. The van der Waals surface area contributed by atoms with Crippen LogP contribution in [-0.2, 0) is 44.9 Å². The predicted molar refractivity (Wildman–Crippen MR) is 128 cm³/mol. The van der Waals surface area contributed by atoms with Gasteiger partial charge in [-0.05, 0) is 42.5 Å². The van der Waals surface area contributed by atoms with Crippen molar-refractivity contribution in [1.29, 1.82) is 0 Å². The molecule has 9 heteroatoms. The van der Waals surface area contributed by atoms with Crippen LogP contribution >= 0.6 is 0 Å². The van der Waals surface area contributed by atoms with E-state index < -0.39 is 17.0 Å². The predicted octanol–water partition coefficient (Wildman–Crippen LogP) is 2.43. The van der Waals surface area contributed by atoms with Gasteiger partial charge in [0.15, 0.2) is 5.60 Å². The number of carbonyl (C=O) groups excluding carboxylic acids is 1. The molecule has 3 aromatic rings. The molecule has 36 heavy (non-hydrogen) atoms. The van der Waals surface area contributed by atoms with Crippen LogP contribution in [0, 0.1) is 5.82 Å². The minimum atomic E-state index is -1.91. The maximum Gasteiger partial charge on any atom is 0.343 e. The van der Waals surface area contributed by atoms with Crippen LogP contribution in [-0.4, -0.2) is 45.6 Å². The Morgan fingerprint density at radius 1 is 1.25 bits per heavy atom. The fraction of sp³-hybridized carbons (Fsp3) is 0.444. The molecule has 2 atom stereocenters. The van der Waals surface area contributed by atoms with Crippen molar-refractivity contribution < 1.29 is 28.9 Å². The summed E-state index contributed by atoms with van der Waals surface area (Å²) in [5.41, 5.74) is 2.04. The quantitative estimate of drug-likeness (QED) is 0.324. The number of rotatable bonds is 5. The number of fused-ring (bicyclic) bond motifs is 5. The van der Waals surface area contributed by atoms with Gasteiger partial charge in [0.25, 0.3) is 5.56 Å². The molecule has 1 aliphatic carbocycles. The van der Waals surface area contributed by atoms with E-state index in [1.54, 1.807) is 23.6 Å². The van der Waals surface area contributed by atoms with Crippen molar-refractivity contribution in [2.45, 2.75) is 57.3 Å². The van der Waals surface area contributed by atoms with Gasteiger partial charge in [-0.15, -0.1) is 0 Å². The number of aliphatic hydroxyl groups is 2. The number of aliphatic hydroxyl groups excluding tert-OH is 1. The van der Waals surface area contributed by atoms with Gasteiger partial charge in [0.05, 0.1) is 48.8 Å². The van der Waals surface area contributed by atoms with Gasteiger partial charge in [-0.25, -0.2) is 14.2 Å². The average molecular weight is 495 g/mol. The Balaban J connectivity index is 1.64. The third kappa shape index (κ3) is 3.06. The van der Waals surface area contributed by atoms with Gasteiger partial charge in [-0.1, -0.05) is 13.8 Å². The molecule has 2 aromatic heterocycles. The first-order valence-electron chi connectivity index (χ1n) is 12.2. The summed E-state index contributed by atoms with van der Waals surface area (Å²) < 4.78 is 27.1. The number of carbonyl (C=O) groups is 1. The van der Waals surface area contributed by atoms with Crippen LogP contribution in [0.4, 0.5) is 4.39 Å². The molecule has 8 nitrogen and oxygen atoms in total. The lowest BCUT2D eigenvalue weighted by Crippen LogP contribution is -2.44. The largest absolute Gasteiger partial charge is 0.458 e. The zero-order valence-electron chi connectivity index (χ0n) is 20.2. The van der Waals surface area contributed by atoms with E-state index >= 15 is 0 Å². The van der Waals surface area contributed by atoms with Crippen molar-refractivity contribution >= 4 is 16.9 Å². The summed E-state index contributed by atoms with van der Waals surface area (Å²) >= 11 is 0.